The topological polar surface area (TPSA) is 88.6 Å². The zero-order valence-corrected chi connectivity index (χ0v) is 15.0. The van der Waals surface area contributed by atoms with E-state index in [0.29, 0.717) is 12.3 Å². The van der Waals surface area contributed by atoms with Gasteiger partial charge in [-0.3, -0.25) is 0 Å². The number of halogens is 2. The number of allylic oxidation sites excluding steroid dienone is 1. The van der Waals surface area contributed by atoms with Gasteiger partial charge in [0.1, 0.15) is 0 Å². The Bertz CT molecular complexity index is 610. The van der Waals surface area contributed by atoms with Crippen molar-refractivity contribution in [2.45, 2.75) is 30.7 Å². The fourth-order valence-corrected chi connectivity index (χ4v) is 11.4. The average molecular weight is 484 g/mol. The third-order valence-electron chi connectivity index (χ3n) is 3.17. The first-order valence-corrected chi connectivity index (χ1v) is 14.1. The minimum absolute atomic E-state index is 0.000319. The van der Waals surface area contributed by atoms with Crippen molar-refractivity contribution in [2.24, 2.45) is 19.3 Å². The Labute approximate surface area is 127 Å². The van der Waals surface area contributed by atoms with Crippen molar-refractivity contribution in [2.75, 3.05) is 0 Å². The summed E-state index contributed by atoms with van der Waals surface area (Å²) in [6, 6.07) is 0. The average Bonchev–Trinajstić information content (AvgIpc) is 2.72. The molecule has 0 bridgehead atoms. The van der Waals surface area contributed by atoms with Crippen molar-refractivity contribution >= 4 is 22.8 Å². The van der Waals surface area contributed by atoms with E-state index in [-0.39, 0.29) is 37.8 Å². The first kappa shape index (κ1) is 13.5. The molecular weight excluding hydrogens is 472 g/mol. The van der Waals surface area contributed by atoms with Crippen LogP contribution in [0.15, 0.2) is 19.1 Å². The summed E-state index contributed by atoms with van der Waals surface area (Å²) in [4.78, 5) is 0. The Kier molecular flexibility index (Phi) is 3.66. The summed E-state index contributed by atoms with van der Waals surface area (Å²) in [5, 5.41) is 24.3. The number of rotatable bonds is 1. The molecule has 0 saturated carbocycles. The molecule has 102 valence electrons. The van der Waals surface area contributed by atoms with Crippen LogP contribution in [0.1, 0.15) is 32.2 Å². The van der Waals surface area contributed by atoms with E-state index in [1.165, 1.54) is 0 Å². The summed E-state index contributed by atoms with van der Waals surface area (Å²) in [5.74, 6) is 0.504. The van der Waals surface area contributed by atoms with Gasteiger partial charge in [0, 0.05) is 0 Å². The van der Waals surface area contributed by atoms with Gasteiger partial charge in [0.05, 0.1) is 0 Å². The van der Waals surface area contributed by atoms with Crippen LogP contribution in [0.4, 0.5) is 0 Å². The molecule has 0 amide bonds. The Morgan fingerprint density at radius 3 is 2.84 bits per heavy atom. The molecule has 1 unspecified atom stereocenters. The number of aromatic nitrogens is 4. The Balaban J connectivity index is 2.03. The third kappa shape index (κ3) is 2.45. The Morgan fingerprint density at radius 2 is 2.05 bits per heavy atom. The summed E-state index contributed by atoms with van der Waals surface area (Å²) in [5.41, 5.74) is 3.30. The first-order chi connectivity index (χ1) is 9.10. The van der Waals surface area contributed by atoms with Crippen LogP contribution in [-0.2, 0) is 6.42 Å². The maximum atomic E-state index is 4.78. The molecule has 1 aliphatic heterocycles. The number of azo groups is 1. The molecule has 9 heteroatoms. The van der Waals surface area contributed by atoms with Crippen molar-refractivity contribution in [1.29, 1.82) is 0 Å². The summed E-state index contributed by atoms with van der Waals surface area (Å²) < 4.78 is 4.78. The molecule has 1 atom stereocenters. The second-order valence-electron chi connectivity index (χ2n) is 4.74. The van der Waals surface area contributed by atoms with Crippen molar-refractivity contribution in [3.05, 3.63) is 17.1 Å². The molecule has 0 fully saturated rings. The van der Waals surface area contributed by atoms with Crippen LogP contribution in [0.2, 0.25) is 0 Å². The van der Waals surface area contributed by atoms with Gasteiger partial charge in [0.25, 0.3) is 0 Å². The quantitative estimate of drug-likeness (QED) is 0.306. The van der Waals surface area contributed by atoms with Gasteiger partial charge >= 0.3 is 128 Å². The fourth-order valence-electron chi connectivity index (χ4n) is 1.58. The van der Waals surface area contributed by atoms with Crippen LogP contribution in [0.5, 0.6) is 0 Å². The second kappa shape index (κ2) is 5.14. The van der Waals surface area contributed by atoms with Crippen LogP contribution in [0.25, 0.3) is 5.70 Å². The van der Waals surface area contributed by atoms with Crippen molar-refractivity contribution in [1.82, 2.24) is 20.6 Å². The predicted octanol–water partition coefficient (Wildman–Crippen LogP) is -0.512. The molecular formula is C10H12I2N7-. The molecule has 2 aliphatic rings. The van der Waals surface area contributed by atoms with Gasteiger partial charge in [-0.2, -0.15) is 0 Å². The van der Waals surface area contributed by atoms with Gasteiger partial charge < -0.3 is 0 Å². The third-order valence-corrected chi connectivity index (χ3v) is 14.3. The zero-order chi connectivity index (χ0) is 13.5. The molecule has 0 aromatic carbocycles. The molecule has 7 nitrogen and oxygen atoms in total. The summed E-state index contributed by atoms with van der Waals surface area (Å²) in [6.07, 6.45) is 0.621. The molecule has 0 N–H and O–H groups in total. The van der Waals surface area contributed by atoms with E-state index in [9.17, 15) is 0 Å². The second-order valence-corrected chi connectivity index (χ2v) is 13.4. The molecule has 1 aromatic rings. The summed E-state index contributed by atoms with van der Waals surface area (Å²) in [6.45, 7) is 6.62. The number of hydrogen-bond donors (Lipinski definition) is 0. The standard InChI is InChI=1S/C10H12I2N7/c1-5(2)10(3)11-12-13-8-6(14-17-10)4-7-9(8)16-19-18-15-7/h5H,4H2,1-3H3/q-1. The molecule has 0 saturated heterocycles. The van der Waals surface area contributed by atoms with Crippen LogP contribution >= 0.6 is 17.1 Å². The monoisotopic (exact) mass is 484 g/mol. The summed E-state index contributed by atoms with van der Waals surface area (Å²) >= 11 is -0.277. The van der Waals surface area contributed by atoms with Crippen molar-refractivity contribution in [3.63, 3.8) is 0 Å². The molecule has 1 aliphatic carbocycles. The molecule has 0 spiro atoms. The molecule has 2 heterocycles. The van der Waals surface area contributed by atoms with E-state index < -0.39 is 0 Å². The Hall–Kier alpha value is -0.460. The first-order valence-electron chi connectivity index (χ1n) is 5.82. The number of fused-ring (bicyclic) bond motifs is 2. The molecule has 0 radical (unpaired) electrons. The van der Waals surface area contributed by atoms with Gasteiger partial charge in [0.15, 0.2) is 0 Å². The van der Waals surface area contributed by atoms with E-state index in [2.05, 4.69) is 51.6 Å². The summed E-state index contributed by atoms with van der Waals surface area (Å²) in [7, 11) is 0. The van der Waals surface area contributed by atoms with Crippen LogP contribution in [-0.4, -0.2) is 24.2 Å². The SMILES string of the molecule is CC(C)C1(C)N=NC2=C(N=I[I-]1)c1nnnnc1C2. The van der Waals surface area contributed by atoms with Gasteiger partial charge in [0.2, 0.25) is 0 Å². The minimum atomic E-state index is -0.206. The molecule has 1 aromatic heterocycles. The van der Waals surface area contributed by atoms with Crippen molar-refractivity contribution < 1.29 is 17.2 Å². The van der Waals surface area contributed by atoms with Gasteiger partial charge in [-0.05, 0) is 0 Å². The number of nitrogens with zero attached hydrogens (tertiary/aromatic N) is 7. The zero-order valence-electron chi connectivity index (χ0n) is 10.7. The van der Waals surface area contributed by atoms with Crippen LogP contribution in [0, 0.1) is 5.92 Å². The molecule has 3 rings (SSSR count). The van der Waals surface area contributed by atoms with Crippen LogP contribution in [0.3, 0.4) is 0 Å². The van der Waals surface area contributed by atoms with Crippen molar-refractivity contribution in [3.8, 4) is 0 Å². The van der Waals surface area contributed by atoms with E-state index in [1.807, 2.05) is 0 Å². The number of hydrogen-bond acceptors (Lipinski definition) is 7. The Morgan fingerprint density at radius 1 is 1.26 bits per heavy atom. The van der Waals surface area contributed by atoms with E-state index in [4.69, 9.17) is 3.15 Å². The van der Waals surface area contributed by atoms with E-state index in [0.717, 1.165) is 22.8 Å². The molecule has 19 heavy (non-hydrogen) atoms. The van der Waals surface area contributed by atoms with Gasteiger partial charge in [-0.15, -0.1) is 0 Å². The maximum absolute atomic E-state index is 4.78. The van der Waals surface area contributed by atoms with Crippen LogP contribution < -0.4 is 17.2 Å². The fraction of sp³-hybridized carbons (Fsp3) is 0.600. The number of alkyl halides is 1. The normalized spacial score (nSPS) is 26.1. The van der Waals surface area contributed by atoms with Gasteiger partial charge in [-0.1, -0.05) is 0 Å². The van der Waals surface area contributed by atoms with Gasteiger partial charge in [-0.25, -0.2) is 0 Å². The van der Waals surface area contributed by atoms with E-state index >= 15 is 0 Å². The predicted molar refractivity (Wildman–Crippen MR) is 72.8 cm³/mol. The van der Waals surface area contributed by atoms with E-state index in [1.54, 1.807) is 0 Å².